The fourth-order valence-electron chi connectivity index (χ4n) is 4.99. The summed E-state index contributed by atoms with van der Waals surface area (Å²) < 4.78 is 38.4. The van der Waals surface area contributed by atoms with Crippen molar-refractivity contribution in [2.75, 3.05) is 86.8 Å². The van der Waals surface area contributed by atoms with Crippen LogP contribution in [0.4, 0.5) is 0 Å². The first kappa shape index (κ1) is 27.9. The molecule has 1 atom stereocenters. The summed E-state index contributed by atoms with van der Waals surface area (Å²) in [6.45, 7) is 10.8. The molecule has 1 aromatic carbocycles. The van der Waals surface area contributed by atoms with Gasteiger partial charge in [0.2, 0.25) is 15.9 Å². The third-order valence-electron chi connectivity index (χ3n) is 7.10. The van der Waals surface area contributed by atoms with Crippen LogP contribution in [0, 0.1) is 19.8 Å². The Kier molecular flexibility index (Phi) is 9.94. The van der Waals surface area contributed by atoms with E-state index in [0.29, 0.717) is 22.8 Å². The Bertz CT molecular complexity index is 940. The number of likely N-dealkylation sites (tertiary alicyclic amines) is 1. The Morgan fingerprint density at radius 3 is 2.40 bits per heavy atom. The molecule has 3 rings (SSSR count). The smallest absolute Gasteiger partial charge is 0.248 e. The van der Waals surface area contributed by atoms with Crippen molar-refractivity contribution in [3.05, 3.63) is 23.3 Å². The summed E-state index contributed by atoms with van der Waals surface area (Å²) in [5.74, 6) is 1.12. The number of hydrogen-bond acceptors (Lipinski definition) is 7. The van der Waals surface area contributed by atoms with Gasteiger partial charge in [0.05, 0.1) is 18.6 Å². The quantitative estimate of drug-likeness (QED) is 0.441. The highest BCUT2D eigenvalue weighted by Crippen LogP contribution is 2.27. The minimum Gasteiger partial charge on any atom is -0.497 e. The lowest BCUT2D eigenvalue weighted by Gasteiger charge is -2.38. The van der Waals surface area contributed by atoms with Crippen molar-refractivity contribution in [2.45, 2.75) is 31.6 Å². The van der Waals surface area contributed by atoms with Gasteiger partial charge in [-0.15, -0.1) is 0 Å². The van der Waals surface area contributed by atoms with Crippen molar-refractivity contribution in [1.82, 2.24) is 19.0 Å². The molecule has 35 heavy (non-hydrogen) atoms. The molecule has 0 aromatic heterocycles. The largest absolute Gasteiger partial charge is 0.497 e. The molecule has 10 heteroatoms. The third-order valence-corrected chi connectivity index (χ3v) is 9.26. The SMILES string of the molecule is COc1cc(C)c(S(=O)(=O)N(C)CCOCC(=O)N2CCC[C@H](CN3CCN(C)CC3)C2)c(C)c1. The molecule has 0 radical (unpaired) electrons. The third kappa shape index (κ3) is 7.39. The maximum absolute atomic E-state index is 13.1. The first-order chi connectivity index (χ1) is 16.6. The zero-order chi connectivity index (χ0) is 25.6. The Hall–Kier alpha value is -1.72. The molecule has 2 saturated heterocycles. The highest BCUT2D eigenvalue weighted by atomic mass is 32.2. The summed E-state index contributed by atoms with van der Waals surface area (Å²) in [4.78, 5) is 19.8. The number of aryl methyl sites for hydroxylation is 2. The van der Waals surface area contributed by atoms with Crippen LogP contribution in [0.15, 0.2) is 17.0 Å². The van der Waals surface area contributed by atoms with E-state index in [2.05, 4.69) is 16.8 Å². The summed E-state index contributed by atoms with van der Waals surface area (Å²) in [6, 6.07) is 3.44. The molecule has 2 aliphatic rings. The molecule has 2 fully saturated rings. The van der Waals surface area contributed by atoms with Crippen LogP contribution in [0.25, 0.3) is 0 Å². The summed E-state index contributed by atoms with van der Waals surface area (Å²) in [7, 11) is 1.58. The summed E-state index contributed by atoms with van der Waals surface area (Å²) in [6.07, 6.45) is 2.18. The minimum atomic E-state index is -3.68. The van der Waals surface area contributed by atoms with Gasteiger partial charge in [-0.2, -0.15) is 4.31 Å². The van der Waals surface area contributed by atoms with Crippen LogP contribution in [0.5, 0.6) is 5.75 Å². The van der Waals surface area contributed by atoms with Crippen molar-refractivity contribution in [2.24, 2.45) is 5.92 Å². The van der Waals surface area contributed by atoms with E-state index in [1.54, 1.807) is 33.1 Å². The molecule has 198 valence electrons. The molecule has 0 aliphatic carbocycles. The predicted octanol–water partition coefficient (Wildman–Crippen LogP) is 1.44. The molecular weight excluding hydrogens is 468 g/mol. The maximum atomic E-state index is 13.1. The Balaban J connectivity index is 1.44. The molecule has 2 aliphatic heterocycles. The van der Waals surface area contributed by atoms with Crippen molar-refractivity contribution >= 4 is 15.9 Å². The maximum Gasteiger partial charge on any atom is 0.248 e. The van der Waals surface area contributed by atoms with E-state index < -0.39 is 10.0 Å². The van der Waals surface area contributed by atoms with Gasteiger partial charge in [0.15, 0.2) is 0 Å². The predicted molar refractivity (Wildman–Crippen MR) is 136 cm³/mol. The number of benzene rings is 1. The van der Waals surface area contributed by atoms with E-state index in [0.717, 1.165) is 58.7 Å². The van der Waals surface area contributed by atoms with Crippen LogP contribution in [0.3, 0.4) is 0 Å². The fraction of sp³-hybridized carbons (Fsp3) is 0.720. The van der Waals surface area contributed by atoms with Crippen LogP contribution in [-0.2, 0) is 19.6 Å². The first-order valence-corrected chi connectivity index (χ1v) is 13.9. The lowest BCUT2D eigenvalue weighted by Crippen LogP contribution is -2.49. The monoisotopic (exact) mass is 510 g/mol. The van der Waals surface area contributed by atoms with Crippen molar-refractivity contribution < 1.29 is 22.7 Å². The van der Waals surface area contributed by atoms with Gasteiger partial charge in [0.1, 0.15) is 12.4 Å². The Morgan fingerprint density at radius 2 is 1.77 bits per heavy atom. The average Bonchev–Trinajstić information content (AvgIpc) is 2.82. The molecule has 0 unspecified atom stereocenters. The number of amides is 1. The molecule has 1 aromatic rings. The molecule has 2 heterocycles. The standard InChI is InChI=1S/C25H42N4O5S/c1-20-15-23(33-5)16-21(2)25(20)35(31,32)27(4)13-14-34-19-24(30)29-8-6-7-22(18-29)17-28-11-9-26(3)10-12-28/h15-16,22H,6-14,17-19H2,1-5H3/t22-/m1/s1. The number of hydrogen-bond donors (Lipinski definition) is 0. The van der Waals surface area contributed by atoms with E-state index in [4.69, 9.17) is 9.47 Å². The van der Waals surface area contributed by atoms with Gasteiger partial charge in [-0.25, -0.2) is 8.42 Å². The molecule has 1 amide bonds. The highest BCUT2D eigenvalue weighted by molar-refractivity contribution is 7.89. The van der Waals surface area contributed by atoms with Gasteiger partial charge in [-0.05, 0) is 62.9 Å². The number of piperidine rings is 1. The summed E-state index contributed by atoms with van der Waals surface area (Å²) in [5.41, 5.74) is 1.28. The fourth-order valence-corrected chi connectivity index (χ4v) is 6.55. The van der Waals surface area contributed by atoms with E-state index in [-0.39, 0.29) is 30.6 Å². The number of ether oxygens (including phenoxy) is 2. The topological polar surface area (TPSA) is 82.6 Å². The van der Waals surface area contributed by atoms with E-state index >= 15 is 0 Å². The van der Waals surface area contributed by atoms with Crippen molar-refractivity contribution in [1.29, 1.82) is 0 Å². The lowest BCUT2D eigenvalue weighted by molar-refractivity contribution is -0.138. The van der Waals surface area contributed by atoms with Crippen LogP contribution < -0.4 is 4.74 Å². The number of nitrogens with zero attached hydrogens (tertiary/aromatic N) is 4. The first-order valence-electron chi connectivity index (χ1n) is 12.5. The normalized spacial score (nSPS) is 20.4. The number of carbonyl (C=O) groups excluding carboxylic acids is 1. The van der Waals surface area contributed by atoms with Crippen LogP contribution in [0.2, 0.25) is 0 Å². The number of likely N-dealkylation sites (N-methyl/N-ethyl adjacent to an activating group) is 2. The highest BCUT2D eigenvalue weighted by Gasteiger charge is 2.27. The van der Waals surface area contributed by atoms with Gasteiger partial charge >= 0.3 is 0 Å². The van der Waals surface area contributed by atoms with E-state index in [1.165, 1.54) is 11.4 Å². The van der Waals surface area contributed by atoms with Crippen LogP contribution in [0.1, 0.15) is 24.0 Å². The van der Waals surface area contributed by atoms with Gasteiger partial charge in [-0.1, -0.05) is 0 Å². The Labute approximate surface area is 211 Å². The van der Waals surface area contributed by atoms with Gasteiger partial charge in [0, 0.05) is 59.4 Å². The number of carbonyl (C=O) groups is 1. The zero-order valence-electron chi connectivity index (χ0n) is 22.0. The van der Waals surface area contributed by atoms with Gasteiger partial charge in [-0.3, -0.25) is 4.79 Å². The molecular formula is C25H42N4O5S. The van der Waals surface area contributed by atoms with Gasteiger partial charge in [0.25, 0.3) is 0 Å². The second-order valence-corrected chi connectivity index (χ2v) is 11.9. The lowest BCUT2D eigenvalue weighted by atomic mass is 9.97. The number of methoxy groups -OCH3 is 1. The molecule has 0 spiro atoms. The number of sulfonamides is 1. The average molecular weight is 511 g/mol. The zero-order valence-corrected chi connectivity index (χ0v) is 22.8. The number of rotatable bonds is 10. The van der Waals surface area contributed by atoms with Crippen LogP contribution in [-0.4, -0.2) is 120 Å². The van der Waals surface area contributed by atoms with E-state index in [9.17, 15) is 13.2 Å². The minimum absolute atomic E-state index is 0.0135. The van der Waals surface area contributed by atoms with Crippen molar-refractivity contribution in [3.63, 3.8) is 0 Å². The molecule has 0 saturated carbocycles. The van der Waals surface area contributed by atoms with Crippen molar-refractivity contribution in [3.8, 4) is 5.75 Å². The second-order valence-electron chi connectivity index (χ2n) is 9.92. The number of piperazine rings is 1. The summed E-state index contributed by atoms with van der Waals surface area (Å²) in [5, 5.41) is 0. The van der Waals surface area contributed by atoms with E-state index in [1.807, 2.05) is 4.90 Å². The van der Waals surface area contributed by atoms with Crippen LogP contribution >= 0.6 is 0 Å². The summed E-state index contributed by atoms with van der Waals surface area (Å²) >= 11 is 0. The Morgan fingerprint density at radius 1 is 1.11 bits per heavy atom. The molecule has 0 N–H and O–H groups in total. The molecule has 0 bridgehead atoms. The van der Waals surface area contributed by atoms with Gasteiger partial charge < -0.3 is 24.2 Å². The second kappa shape index (κ2) is 12.5. The molecule has 9 nitrogen and oxygen atoms in total.